The van der Waals surface area contributed by atoms with Gasteiger partial charge in [-0.1, -0.05) is 72.8 Å². The van der Waals surface area contributed by atoms with Gasteiger partial charge in [-0.2, -0.15) is 0 Å². The zero-order valence-corrected chi connectivity index (χ0v) is 13.6. The summed E-state index contributed by atoms with van der Waals surface area (Å²) in [6.45, 7) is 0.326. The molecule has 124 valence electrons. The first kappa shape index (κ1) is 16.5. The maximum absolute atomic E-state index is 12.5. The van der Waals surface area contributed by atoms with Crippen molar-refractivity contribution in [3.63, 3.8) is 0 Å². The highest BCUT2D eigenvalue weighted by atomic mass is 16.5. The highest BCUT2D eigenvalue weighted by Crippen LogP contribution is 2.29. The van der Waals surface area contributed by atoms with Crippen molar-refractivity contribution < 1.29 is 14.6 Å². The van der Waals surface area contributed by atoms with Crippen LogP contribution in [0.3, 0.4) is 0 Å². The minimum atomic E-state index is -0.301. The van der Waals surface area contributed by atoms with Gasteiger partial charge in [-0.3, -0.25) is 4.79 Å². The maximum atomic E-state index is 12.5. The van der Waals surface area contributed by atoms with Crippen molar-refractivity contribution in [3.05, 3.63) is 102 Å². The lowest BCUT2D eigenvalue weighted by Gasteiger charge is -2.11. The number of aromatic hydroxyl groups is 1. The summed E-state index contributed by atoms with van der Waals surface area (Å²) in [4.78, 5) is 12.5. The summed E-state index contributed by atoms with van der Waals surface area (Å²) in [7, 11) is 0. The molecule has 3 rings (SSSR count). The number of phenolic OH excluding ortho intramolecular Hbond substituents is 1. The molecule has 0 amide bonds. The average molecular weight is 330 g/mol. The van der Waals surface area contributed by atoms with Crippen LogP contribution < -0.4 is 4.74 Å². The number of allylic oxidation sites excluding steroid dienone is 1. The van der Waals surface area contributed by atoms with Crippen LogP contribution in [-0.2, 0) is 6.61 Å². The van der Waals surface area contributed by atoms with Gasteiger partial charge < -0.3 is 9.84 Å². The first-order valence-electron chi connectivity index (χ1n) is 8.00. The second-order valence-electron chi connectivity index (χ2n) is 5.53. The first-order chi connectivity index (χ1) is 12.2. The topological polar surface area (TPSA) is 46.5 Å². The van der Waals surface area contributed by atoms with Gasteiger partial charge in [0.15, 0.2) is 5.78 Å². The molecule has 0 saturated carbocycles. The molecule has 0 bridgehead atoms. The standard InChI is InChI=1S/C22H18O3/c23-19-12-7-13-21(25-16-18-10-5-2-6-11-18)22(19)20(24)15-14-17-8-3-1-4-9-17/h1-15,23H,16H2/b15-14+. The van der Waals surface area contributed by atoms with Gasteiger partial charge in [0.1, 0.15) is 23.7 Å². The van der Waals surface area contributed by atoms with E-state index in [0.717, 1.165) is 11.1 Å². The first-order valence-corrected chi connectivity index (χ1v) is 8.00. The van der Waals surface area contributed by atoms with Gasteiger partial charge in [0.25, 0.3) is 0 Å². The van der Waals surface area contributed by atoms with E-state index >= 15 is 0 Å². The van der Waals surface area contributed by atoms with E-state index < -0.39 is 0 Å². The third-order valence-corrected chi connectivity index (χ3v) is 3.71. The Morgan fingerprint density at radius 2 is 1.56 bits per heavy atom. The van der Waals surface area contributed by atoms with Crippen LogP contribution in [0.5, 0.6) is 11.5 Å². The molecule has 0 radical (unpaired) electrons. The smallest absolute Gasteiger partial charge is 0.193 e. The molecule has 0 aliphatic rings. The molecule has 1 N–H and O–H groups in total. The number of hydrogen-bond donors (Lipinski definition) is 1. The van der Waals surface area contributed by atoms with Crippen molar-refractivity contribution in [3.8, 4) is 11.5 Å². The van der Waals surface area contributed by atoms with Gasteiger partial charge in [0, 0.05) is 0 Å². The van der Waals surface area contributed by atoms with Crippen LogP contribution in [0, 0.1) is 0 Å². The van der Waals surface area contributed by atoms with Crippen LogP contribution in [0.25, 0.3) is 6.08 Å². The predicted molar refractivity (Wildman–Crippen MR) is 98.7 cm³/mol. The zero-order chi connectivity index (χ0) is 17.5. The van der Waals surface area contributed by atoms with Gasteiger partial charge in [-0.15, -0.1) is 0 Å². The summed E-state index contributed by atoms with van der Waals surface area (Å²) < 4.78 is 5.76. The molecular weight excluding hydrogens is 312 g/mol. The summed E-state index contributed by atoms with van der Waals surface area (Å²) >= 11 is 0. The number of hydrogen-bond acceptors (Lipinski definition) is 3. The number of carbonyl (C=O) groups is 1. The minimum Gasteiger partial charge on any atom is -0.507 e. The van der Waals surface area contributed by atoms with E-state index in [2.05, 4.69) is 0 Å². The molecule has 0 aliphatic carbocycles. The fourth-order valence-corrected chi connectivity index (χ4v) is 2.44. The van der Waals surface area contributed by atoms with E-state index in [4.69, 9.17) is 4.74 Å². The van der Waals surface area contributed by atoms with Crippen molar-refractivity contribution in [1.29, 1.82) is 0 Å². The van der Waals surface area contributed by atoms with Gasteiger partial charge in [-0.25, -0.2) is 0 Å². The molecular formula is C22H18O3. The number of rotatable bonds is 6. The summed E-state index contributed by atoms with van der Waals surface area (Å²) in [6.07, 6.45) is 3.16. The van der Waals surface area contributed by atoms with Gasteiger partial charge in [-0.05, 0) is 29.3 Å². The Morgan fingerprint density at radius 1 is 0.880 bits per heavy atom. The lowest BCUT2D eigenvalue weighted by molar-refractivity contribution is 0.104. The van der Waals surface area contributed by atoms with Gasteiger partial charge >= 0.3 is 0 Å². The maximum Gasteiger partial charge on any atom is 0.193 e. The van der Waals surface area contributed by atoms with Crippen molar-refractivity contribution in [2.45, 2.75) is 6.61 Å². The van der Waals surface area contributed by atoms with Crippen LogP contribution in [-0.4, -0.2) is 10.9 Å². The lowest BCUT2D eigenvalue weighted by Crippen LogP contribution is -2.03. The van der Waals surface area contributed by atoms with E-state index in [1.165, 1.54) is 12.1 Å². The number of carbonyl (C=O) groups excluding carboxylic acids is 1. The number of benzene rings is 3. The molecule has 3 aromatic rings. The normalized spacial score (nSPS) is 10.7. The molecule has 3 heteroatoms. The largest absolute Gasteiger partial charge is 0.507 e. The predicted octanol–water partition coefficient (Wildman–Crippen LogP) is 4.87. The van der Waals surface area contributed by atoms with E-state index in [-0.39, 0.29) is 17.1 Å². The third-order valence-electron chi connectivity index (χ3n) is 3.71. The van der Waals surface area contributed by atoms with Crippen molar-refractivity contribution in [1.82, 2.24) is 0 Å². The molecule has 0 unspecified atom stereocenters. The minimum absolute atomic E-state index is 0.0896. The number of ketones is 1. The van der Waals surface area contributed by atoms with Crippen molar-refractivity contribution in [2.75, 3.05) is 0 Å². The Kier molecular flexibility index (Phi) is 5.27. The van der Waals surface area contributed by atoms with E-state index in [0.29, 0.717) is 12.4 Å². The Bertz CT molecular complexity index is 868. The Hall–Kier alpha value is -3.33. The number of ether oxygens (including phenoxy) is 1. The van der Waals surface area contributed by atoms with Crippen LogP contribution in [0.15, 0.2) is 84.9 Å². The molecule has 0 aromatic heterocycles. The average Bonchev–Trinajstić information content (AvgIpc) is 2.66. The molecule has 0 heterocycles. The molecule has 0 fully saturated rings. The van der Waals surface area contributed by atoms with Crippen LogP contribution in [0.1, 0.15) is 21.5 Å². The quantitative estimate of drug-likeness (QED) is 0.518. The van der Waals surface area contributed by atoms with Crippen molar-refractivity contribution in [2.24, 2.45) is 0 Å². The third kappa shape index (κ3) is 4.36. The SMILES string of the molecule is O=C(/C=C/c1ccccc1)c1c(O)cccc1OCc1ccccc1. The Balaban J connectivity index is 1.80. The molecule has 0 aliphatic heterocycles. The van der Waals surface area contributed by atoms with E-state index in [9.17, 15) is 9.90 Å². The molecule has 0 atom stereocenters. The molecule has 25 heavy (non-hydrogen) atoms. The molecule has 3 nitrogen and oxygen atoms in total. The summed E-state index contributed by atoms with van der Waals surface area (Å²) in [6, 6.07) is 24.0. The number of phenols is 1. The molecule has 3 aromatic carbocycles. The zero-order valence-electron chi connectivity index (χ0n) is 13.6. The van der Waals surface area contributed by atoms with Gasteiger partial charge in [0.2, 0.25) is 0 Å². The van der Waals surface area contributed by atoms with Crippen molar-refractivity contribution >= 4 is 11.9 Å². The highest BCUT2D eigenvalue weighted by molar-refractivity contribution is 6.10. The monoisotopic (exact) mass is 330 g/mol. The Morgan fingerprint density at radius 3 is 2.28 bits per heavy atom. The summed E-state index contributed by atoms with van der Waals surface area (Å²) in [5.74, 6) is -0.0233. The summed E-state index contributed by atoms with van der Waals surface area (Å²) in [5.41, 5.74) is 2.08. The Labute approximate surface area is 146 Å². The molecule has 0 saturated heterocycles. The van der Waals surface area contributed by atoms with Crippen LogP contribution in [0.4, 0.5) is 0 Å². The second-order valence-corrected chi connectivity index (χ2v) is 5.53. The second kappa shape index (κ2) is 7.97. The van der Waals surface area contributed by atoms with Gasteiger partial charge in [0.05, 0.1) is 0 Å². The van der Waals surface area contributed by atoms with E-state index in [1.54, 1.807) is 18.2 Å². The van der Waals surface area contributed by atoms with Crippen LogP contribution >= 0.6 is 0 Å². The highest BCUT2D eigenvalue weighted by Gasteiger charge is 2.15. The van der Waals surface area contributed by atoms with Crippen LogP contribution in [0.2, 0.25) is 0 Å². The lowest BCUT2D eigenvalue weighted by atomic mass is 10.1. The summed E-state index contributed by atoms with van der Waals surface area (Å²) in [5, 5.41) is 10.1. The fraction of sp³-hybridized carbons (Fsp3) is 0.0455. The fourth-order valence-electron chi connectivity index (χ4n) is 2.44. The molecule has 0 spiro atoms. The van der Waals surface area contributed by atoms with E-state index in [1.807, 2.05) is 60.7 Å².